The zero-order valence-corrected chi connectivity index (χ0v) is 10.0. The molecule has 0 aliphatic carbocycles. The van der Waals surface area contributed by atoms with Gasteiger partial charge in [0, 0.05) is 0 Å². The van der Waals surface area contributed by atoms with Crippen molar-refractivity contribution < 1.29 is 14.6 Å². The van der Waals surface area contributed by atoms with Crippen LogP contribution in [0.4, 0.5) is 0 Å². The number of rotatable bonds is 7. The second kappa shape index (κ2) is 6.38. The van der Waals surface area contributed by atoms with E-state index < -0.39 is 5.60 Å². The zero-order valence-electron chi connectivity index (χ0n) is 10.0. The normalized spacial score (nSPS) is 16.7. The van der Waals surface area contributed by atoms with Crippen LogP contribution in [0.15, 0.2) is 0 Å². The quantitative estimate of drug-likeness (QED) is 0.644. The van der Waals surface area contributed by atoms with Crippen molar-refractivity contribution >= 4 is 0 Å². The Hall–Kier alpha value is -0.120. The maximum absolute atomic E-state index is 9.58. The molecule has 0 aromatic heterocycles. The monoisotopic (exact) mass is 204 g/mol. The number of hydrogen-bond acceptors (Lipinski definition) is 3. The van der Waals surface area contributed by atoms with Crippen molar-refractivity contribution in [3.8, 4) is 0 Å². The first-order valence-corrected chi connectivity index (χ1v) is 5.33. The van der Waals surface area contributed by atoms with Crippen molar-refractivity contribution in [2.75, 3.05) is 13.2 Å². The number of aliphatic hydroxyl groups is 1. The van der Waals surface area contributed by atoms with Gasteiger partial charge >= 0.3 is 0 Å². The molecule has 0 radical (unpaired) electrons. The molecule has 0 amide bonds. The van der Waals surface area contributed by atoms with Crippen molar-refractivity contribution in [3.63, 3.8) is 0 Å². The van der Waals surface area contributed by atoms with Crippen molar-refractivity contribution in [2.24, 2.45) is 0 Å². The Morgan fingerprint density at radius 1 is 1.14 bits per heavy atom. The molecule has 0 aliphatic heterocycles. The Morgan fingerprint density at radius 3 is 2.07 bits per heavy atom. The minimum absolute atomic E-state index is 0.164. The number of hydrogen-bond donors (Lipinski definition) is 1. The summed E-state index contributed by atoms with van der Waals surface area (Å²) in [5.41, 5.74) is -0.781. The molecule has 0 aromatic rings. The summed E-state index contributed by atoms with van der Waals surface area (Å²) in [6, 6.07) is 0. The largest absolute Gasteiger partial charge is 0.388 e. The highest BCUT2D eigenvalue weighted by Gasteiger charge is 2.22. The molecule has 3 heteroatoms. The molecule has 2 unspecified atom stereocenters. The van der Waals surface area contributed by atoms with Crippen LogP contribution in [0.1, 0.15) is 41.0 Å². The van der Waals surface area contributed by atoms with Gasteiger partial charge in [0.1, 0.15) is 0 Å². The molecule has 0 saturated carbocycles. The van der Waals surface area contributed by atoms with Gasteiger partial charge in [0.05, 0.1) is 31.0 Å². The Kier molecular flexibility index (Phi) is 6.33. The van der Waals surface area contributed by atoms with Crippen LogP contribution < -0.4 is 0 Å². The zero-order chi connectivity index (χ0) is 11.2. The van der Waals surface area contributed by atoms with Crippen LogP contribution in [-0.2, 0) is 9.47 Å². The third kappa shape index (κ3) is 6.35. The fourth-order valence-corrected chi connectivity index (χ4v) is 0.796. The summed E-state index contributed by atoms with van der Waals surface area (Å²) in [4.78, 5) is 0. The standard InChI is InChI=1S/C11H24O3/c1-6-9(2)13-7-8-14-10(3)11(4,5)12/h9-10,12H,6-8H2,1-5H3. The minimum Gasteiger partial charge on any atom is -0.388 e. The van der Waals surface area contributed by atoms with Crippen molar-refractivity contribution in [1.29, 1.82) is 0 Å². The molecule has 0 aliphatic rings. The second-order valence-corrected chi connectivity index (χ2v) is 4.26. The van der Waals surface area contributed by atoms with Gasteiger partial charge < -0.3 is 14.6 Å². The molecule has 0 rings (SSSR count). The SMILES string of the molecule is CCC(C)OCCOC(C)C(C)(C)O. The van der Waals surface area contributed by atoms with Crippen LogP contribution in [0.25, 0.3) is 0 Å². The van der Waals surface area contributed by atoms with Crippen LogP contribution >= 0.6 is 0 Å². The maximum atomic E-state index is 9.58. The van der Waals surface area contributed by atoms with Gasteiger partial charge in [-0.15, -0.1) is 0 Å². The fourth-order valence-electron chi connectivity index (χ4n) is 0.796. The summed E-state index contributed by atoms with van der Waals surface area (Å²) in [6.07, 6.45) is 1.14. The van der Waals surface area contributed by atoms with E-state index in [0.717, 1.165) is 6.42 Å². The summed E-state index contributed by atoms with van der Waals surface area (Å²) in [6.45, 7) is 10.6. The first-order valence-electron chi connectivity index (χ1n) is 5.33. The lowest BCUT2D eigenvalue weighted by Gasteiger charge is -2.26. The van der Waals surface area contributed by atoms with Crippen molar-refractivity contribution in [3.05, 3.63) is 0 Å². The second-order valence-electron chi connectivity index (χ2n) is 4.26. The van der Waals surface area contributed by atoms with Crippen LogP contribution in [0.2, 0.25) is 0 Å². The van der Waals surface area contributed by atoms with Gasteiger partial charge in [-0.05, 0) is 34.1 Å². The van der Waals surface area contributed by atoms with E-state index in [1.165, 1.54) is 0 Å². The first kappa shape index (κ1) is 13.9. The Labute approximate surface area is 87.4 Å². The van der Waals surface area contributed by atoms with Crippen LogP contribution in [0, 0.1) is 0 Å². The lowest BCUT2D eigenvalue weighted by molar-refractivity contribution is -0.0946. The molecule has 14 heavy (non-hydrogen) atoms. The highest BCUT2D eigenvalue weighted by molar-refractivity contribution is 4.73. The average Bonchev–Trinajstić information content (AvgIpc) is 2.09. The van der Waals surface area contributed by atoms with Crippen molar-refractivity contribution in [2.45, 2.75) is 58.8 Å². The third-order valence-electron chi connectivity index (χ3n) is 2.42. The number of ether oxygens (including phenoxy) is 2. The average molecular weight is 204 g/mol. The molecule has 3 nitrogen and oxygen atoms in total. The molecule has 0 heterocycles. The molecular formula is C11H24O3. The van der Waals surface area contributed by atoms with E-state index in [4.69, 9.17) is 9.47 Å². The summed E-state index contributed by atoms with van der Waals surface area (Å²) in [7, 11) is 0. The van der Waals surface area contributed by atoms with Crippen LogP contribution in [-0.4, -0.2) is 36.1 Å². The molecule has 86 valence electrons. The van der Waals surface area contributed by atoms with E-state index in [1.54, 1.807) is 13.8 Å². The van der Waals surface area contributed by atoms with E-state index in [-0.39, 0.29) is 12.2 Å². The molecule has 0 bridgehead atoms. The highest BCUT2D eigenvalue weighted by atomic mass is 16.5. The molecule has 0 fully saturated rings. The van der Waals surface area contributed by atoms with Gasteiger partial charge in [0.25, 0.3) is 0 Å². The highest BCUT2D eigenvalue weighted by Crippen LogP contribution is 2.11. The Bertz CT molecular complexity index is 140. The van der Waals surface area contributed by atoms with E-state index >= 15 is 0 Å². The summed E-state index contributed by atoms with van der Waals surface area (Å²) < 4.78 is 10.9. The van der Waals surface area contributed by atoms with Gasteiger partial charge in [-0.2, -0.15) is 0 Å². The van der Waals surface area contributed by atoms with Crippen LogP contribution in [0.3, 0.4) is 0 Å². The minimum atomic E-state index is -0.781. The topological polar surface area (TPSA) is 38.7 Å². The van der Waals surface area contributed by atoms with Gasteiger partial charge in [0.2, 0.25) is 0 Å². The molecule has 1 N–H and O–H groups in total. The van der Waals surface area contributed by atoms with E-state index in [9.17, 15) is 5.11 Å². The van der Waals surface area contributed by atoms with Gasteiger partial charge in [0.15, 0.2) is 0 Å². The molecule has 2 atom stereocenters. The van der Waals surface area contributed by atoms with Crippen LogP contribution in [0.5, 0.6) is 0 Å². The lowest BCUT2D eigenvalue weighted by atomic mass is 10.0. The molecular weight excluding hydrogens is 180 g/mol. The molecule has 0 spiro atoms. The van der Waals surface area contributed by atoms with E-state index in [2.05, 4.69) is 6.92 Å². The van der Waals surface area contributed by atoms with Gasteiger partial charge in [-0.1, -0.05) is 6.92 Å². The predicted molar refractivity (Wildman–Crippen MR) is 57.4 cm³/mol. The Morgan fingerprint density at radius 2 is 1.64 bits per heavy atom. The summed E-state index contributed by atoms with van der Waals surface area (Å²) in [5, 5.41) is 9.58. The maximum Gasteiger partial charge on any atom is 0.0849 e. The van der Waals surface area contributed by atoms with Crippen molar-refractivity contribution in [1.82, 2.24) is 0 Å². The van der Waals surface area contributed by atoms with Gasteiger partial charge in [-0.3, -0.25) is 0 Å². The third-order valence-corrected chi connectivity index (χ3v) is 2.42. The summed E-state index contributed by atoms with van der Waals surface area (Å²) in [5.74, 6) is 0. The predicted octanol–water partition coefficient (Wildman–Crippen LogP) is 1.98. The molecule has 0 saturated heterocycles. The van der Waals surface area contributed by atoms with Gasteiger partial charge in [-0.25, -0.2) is 0 Å². The fraction of sp³-hybridized carbons (Fsp3) is 1.00. The van der Waals surface area contributed by atoms with E-state index in [0.29, 0.717) is 13.2 Å². The first-order chi connectivity index (χ1) is 6.38. The smallest absolute Gasteiger partial charge is 0.0849 e. The molecule has 0 aromatic carbocycles. The lowest BCUT2D eigenvalue weighted by Crippen LogP contribution is -2.36. The Balaban J connectivity index is 3.46. The summed E-state index contributed by atoms with van der Waals surface area (Å²) >= 11 is 0. The van der Waals surface area contributed by atoms with E-state index in [1.807, 2.05) is 13.8 Å².